The van der Waals surface area contributed by atoms with Gasteiger partial charge in [0.05, 0.1) is 0 Å². The number of allylic oxidation sites excluding steroid dienone is 2. The highest BCUT2D eigenvalue weighted by atomic mass is 14.5. The van der Waals surface area contributed by atoms with Gasteiger partial charge >= 0.3 is 0 Å². The first-order valence-corrected chi connectivity index (χ1v) is 3.80. The van der Waals surface area contributed by atoms with E-state index in [1.165, 1.54) is 25.7 Å². The Bertz CT molecular complexity index is 96.7. The van der Waals surface area contributed by atoms with Crippen molar-refractivity contribution in [3.8, 4) is 0 Å². The van der Waals surface area contributed by atoms with E-state index in [1.54, 1.807) is 0 Å². The molecule has 1 aliphatic carbocycles. The molecule has 1 heteroatoms. The summed E-state index contributed by atoms with van der Waals surface area (Å²) in [5.41, 5.74) is 5.38. The second kappa shape index (κ2) is 3.67. The van der Waals surface area contributed by atoms with Crippen molar-refractivity contribution in [2.75, 3.05) is 6.54 Å². The third-order valence-electron chi connectivity index (χ3n) is 1.89. The van der Waals surface area contributed by atoms with E-state index in [0.717, 1.165) is 12.5 Å². The fourth-order valence-electron chi connectivity index (χ4n) is 1.32. The van der Waals surface area contributed by atoms with E-state index < -0.39 is 0 Å². The van der Waals surface area contributed by atoms with Crippen LogP contribution in [0.1, 0.15) is 25.7 Å². The summed E-state index contributed by atoms with van der Waals surface area (Å²) in [5, 5.41) is 0. The van der Waals surface area contributed by atoms with Gasteiger partial charge in [0.25, 0.3) is 0 Å². The molecule has 1 nitrogen and oxygen atoms in total. The maximum atomic E-state index is 5.38. The normalized spacial score (nSPS) is 25.2. The van der Waals surface area contributed by atoms with Crippen molar-refractivity contribution in [2.45, 2.75) is 25.7 Å². The predicted octanol–water partition coefficient (Wildman–Crippen LogP) is 1.69. The van der Waals surface area contributed by atoms with Crippen LogP contribution in [0.15, 0.2) is 12.2 Å². The van der Waals surface area contributed by atoms with Gasteiger partial charge in [-0.3, -0.25) is 0 Å². The molecule has 0 fully saturated rings. The van der Waals surface area contributed by atoms with Gasteiger partial charge in [-0.25, -0.2) is 0 Å². The first-order chi connectivity index (χ1) is 4.43. The lowest BCUT2D eigenvalue weighted by molar-refractivity contribution is 0.556. The minimum absolute atomic E-state index is 0.852. The molecule has 0 aliphatic heterocycles. The molecule has 1 rings (SSSR count). The molecule has 0 saturated heterocycles. The average molecular weight is 125 g/mol. The van der Waals surface area contributed by atoms with E-state index in [4.69, 9.17) is 5.73 Å². The monoisotopic (exact) mass is 125 g/mol. The Morgan fingerprint density at radius 2 is 2.44 bits per heavy atom. The molecular formula is C8H15N. The van der Waals surface area contributed by atoms with E-state index >= 15 is 0 Å². The minimum Gasteiger partial charge on any atom is -0.330 e. The minimum atomic E-state index is 0.852. The first kappa shape index (κ1) is 6.81. The van der Waals surface area contributed by atoms with Crippen LogP contribution in [0.2, 0.25) is 0 Å². The fraction of sp³-hybridized carbons (Fsp3) is 0.750. The molecule has 0 radical (unpaired) electrons. The second-order valence-electron chi connectivity index (χ2n) is 2.70. The summed E-state index contributed by atoms with van der Waals surface area (Å²) >= 11 is 0. The molecule has 0 aromatic carbocycles. The van der Waals surface area contributed by atoms with Gasteiger partial charge in [-0.1, -0.05) is 12.2 Å². The number of hydrogen-bond donors (Lipinski definition) is 1. The largest absolute Gasteiger partial charge is 0.330 e. The lowest BCUT2D eigenvalue weighted by Crippen LogP contribution is -2.01. The Morgan fingerprint density at radius 1 is 1.56 bits per heavy atom. The summed E-state index contributed by atoms with van der Waals surface area (Å²) in [6, 6.07) is 0. The molecule has 0 aromatic rings. The Balaban J connectivity index is 2.05. The van der Waals surface area contributed by atoms with Crippen LogP contribution in [0.25, 0.3) is 0 Å². The zero-order valence-corrected chi connectivity index (χ0v) is 5.84. The fourth-order valence-corrected chi connectivity index (χ4v) is 1.32. The molecule has 0 bridgehead atoms. The van der Waals surface area contributed by atoms with Gasteiger partial charge in [-0.05, 0) is 38.1 Å². The molecule has 2 N–H and O–H groups in total. The van der Waals surface area contributed by atoms with Crippen LogP contribution in [-0.2, 0) is 0 Å². The number of rotatable bonds is 3. The van der Waals surface area contributed by atoms with Crippen LogP contribution in [0.3, 0.4) is 0 Å². The quantitative estimate of drug-likeness (QED) is 0.571. The second-order valence-corrected chi connectivity index (χ2v) is 2.70. The zero-order valence-electron chi connectivity index (χ0n) is 5.84. The molecule has 0 spiro atoms. The Hall–Kier alpha value is -0.300. The summed E-state index contributed by atoms with van der Waals surface area (Å²) in [4.78, 5) is 0. The van der Waals surface area contributed by atoms with Gasteiger partial charge in [0.2, 0.25) is 0 Å². The van der Waals surface area contributed by atoms with Gasteiger partial charge in [-0.2, -0.15) is 0 Å². The predicted molar refractivity (Wildman–Crippen MR) is 40.2 cm³/mol. The summed E-state index contributed by atoms with van der Waals surface area (Å²) in [6.07, 6.45) is 9.74. The molecule has 1 atom stereocenters. The van der Waals surface area contributed by atoms with Gasteiger partial charge in [0.15, 0.2) is 0 Å². The molecule has 0 saturated carbocycles. The van der Waals surface area contributed by atoms with E-state index in [0.29, 0.717) is 0 Å². The molecule has 0 amide bonds. The molecule has 9 heavy (non-hydrogen) atoms. The topological polar surface area (TPSA) is 26.0 Å². The highest BCUT2D eigenvalue weighted by Crippen LogP contribution is 2.20. The van der Waals surface area contributed by atoms with Crippen LogP contribution in [-0.4, -0.2) is 6.54 Å². The van der Waals surface area contributed by atoms with Crippen molar-refractivity contribution in [3.05, 3.63) is 12.2 Å². The van der Waals surface area contributed by atoms with Crippen LogP contribution in [0.5, 0.6) is 0 Å². The molecule has 0 heterocycles. The SMILES string of the molecule is NCCC[C@H]1C=CCC1. The van der Waals surface area contributed by atoms with Crippen LogP contribution in [0.4, 0.5) is 0 Å². The molecule has 52 valence electrons. The number of nitrogens with two attached hydrogens (primary N) is 1. The van der Waals surface area contributed by atoms with Crippen molar-refractivity contribution in [3.63, 3.8) is 0 Å². The average Bonchev–Trinajstić information content (AvgIpc) is 2.34. The van der Waals surface area contributed by atoms with Gasteiger partial charge in [-0.15, -0.1) is 0 Å². The van der Waals surface area contributed by atoms with Crippen LogP contribution in [0, 0.1) is 5.92 Å². The third kappa shape index (κ3) is 2.19. The van der Waals surface area contributed by atoms with E-state index in [2.05, 4.69) is 12.2 Å². The van der Waals surface area contributed by atoms with Gasteiger partial charge in [0.1, 0.15) is 0 Å². The summed E-state index contributed by atoms with van der Waals surface area (Å²) < 4.78 is 0. The van der Waals surface area contributed by atoms with E-state index in [-0.39, 0.29) is 0 Å². The summed E-state index contributed by atoms with van der Waals surface area (Å²) in [5.74, 6) is 0.855. The van der Waals surface area contributed by atoms with Crippen molar-refractivity contribution >= 4 is 0 Å². The summed E-state index contributed by atoms with van der Waals surface area (Å²) in [6.45, 7) is 0.852. The molecular weight excluding hydrogens is 110 g/mol. The van der Waals surface area contributed by atoms with Gasteiger partial charge in [0, 0.05) is 0 Å². The smallest absolute Gasteiger partial charge is 0.00771 e. The first-order valence-electron chi connectivity index (χ1n) is 3.80. The zero-order chi connectivity index (χ0) is 6.53. The van der Waals surface area contributed by atoms with E-state index in [9.17, 15) is 0 Å². The van der Waals surface area contributed by atoms with Crippen molar-refractivity contribution < 1.29 is 0 Å². The number of hydrogen-bond acceptors (Lipinski definition) is 1. The molecule has 1 aliphatic rings. The Morgan fingerprint density at radius 3 is 3.00 bits per heavy atom. The van der Waals surface area contributed by atoms with Crippen LogP contribution >= 0.6 is 0 Å². The Kier molecular flexibility index (Phi) is 2.78. The highest BCUT2D eigenvalue weighted by molar-refractivity contribution is 4.95. The van der Waals surface area contributed by atoms with Crippen LogP contribution < -0.4 is 5.73 Å². The third-order valence-corrected chi connectivity index (χ3v) is 1.89. The van der Waals surface area contributed by atoms with Gasteiger partial charge < -0.3 is 5.73 Å². The molecule has 0 unspecified atom stereocenters. The highest BCUT2D eigenvalue weighted by Gasteiger charge is 2.06. The Labute approximate surface area is 56.9 Å². The van der Waals surface area contributed by atoms with Crippen molar-refractivity contribution in [1.29, 1.82) is 0 Å². The van der Waals surface area contributed by atoms with E-state index in [1.807, 2.05) is 0 Å². The maximum absolute atomic E-state index is 5.38. The lowest BCUT2D eigenvalue weighted by atomic mass is 10.0. The van der Waals surface area contributed by atoms with Crippen molar-refractivity contribution in [1.82, 2.24) is 0 Å². The molecule has 0 aromatic heterocycles. The maximum Gasteiger partial charge on any atom is -0.00771 e. The standard InChI is InChI=1S/C8H15N/c9-7-3-6-8-4-1-2-5-8/h1,4,8H,2-3,5-7,9H2/t8-/m0/s1. The lowest BCUT2D eigenvalue weighted by Gasteiger charge is -2.03. The summed E-state index contributed by atoms with van der Waals surface area (Å²) in [7, 11) is 0. The van der Waals surface area contributed by atoms with Crippen molar-refractivity contribution in [2.24, 2.45) is 11.7 Å².